The summed E-state index contributed by atoms with van der Waals surface area (Å²) < 4.78 is 5.64. The second-order valence-corrected chi connectivity index (χ2v) is 7.11. The minimum Gasteiger partial charge on any atom is -0.489 e. The number of rotatable bonds is 6. The van der Waals surface area contributed by atoms with Crippen LogP contribution in [0.15, 0.2) is 18.2 Å². The predicted octanol–water partition coefficient (Wildman–Crippen LogP) is 2.48. The monoisotopic (exact) mass is 327 g/mol. The summed E-state index contributed by atoms with van der Waals surface area (Å²) in [6, 6.07) is 5.60. The summed E-state index contributed by atoms with van der Waals surface area (Å²) in [5.74, 6) is 0.611. The number of hydrogen-bond acceptors (Lipinski definition) is 4. The summed E-state index contributed by atoms with van der Waals surface area (Å²) in [4.78, 5) is 2.20. The largest absolute Gasteiger partial charge is 0.489 e. The van der Waals surface area contributed by atoms with Crippen molar-refractivity contribution in [2.24, 2.45) is 5.41 Å². The summed E-state index contributed by atoms with van der Waals surface area (Å²) >= 11 is 6.08. The molecule has 1 saturated heterocycles. The fourth-order valence-electron chi connectivity index (χ4n) is 2.97. The van der Waals surface area contributed by atoms with Gasteiger partial charge in [0.25, 0.3) is 0 Å². The van der Waals surface area contributed by atoms with Crippen LogP contribution in [-0.4, -0.2) is 54.1 Å². The van der Waals surface area contributed by atoms with Gasteiger partial charge in [-0.2, -0.15) is 0 Å². The lowest BCUT2D eigenvalue weighted by atomic mass is 9.83. The van der Waals surface area contributed by atoms with Crippen LogP contribution in [0.1, 0.15) is 25.3 Å². The van der Waals surface area contributed by atoms with Gasteiger partial charge in [-0.15, -0.1) is 0 Å². The zero-order chi connectivity index (χ0) is 16.2. The molecule has 0 saturated carbocycles. The van der Waals surface area contributed by atoms with Gasteiger partial charge in [0.05, 0.1) is 5.02 Å². The van der Waals surface area contributed by atoms with Gasteiger partial charge in [-0.1, -0.05) is 24.6 Å². The third-order valence-electron chi connectivity index (χ3n) is 4.23. The zero-order valence-electron chi connectivity index (χ0n) is 13.4. The van der Waals surface area contributed by atoms with Crippen molar-refractivity contribution in [3.63, 3.8) is 0 Å². The Morgan fingerprint density at radius 1 is 1.45 bits per heavy atom. The molecule has 4 nitrogen and oxygen atoms in total. The van der Waals surface area contributed by atoms with E-state index in [9.17, 15) is 10.2 Å². The number of β-amino-alcohol motifs (C(OH)–C–C–N with tert-alkyl or cyclic N) is 1. The Hall–Kier alpha value is -0.810. The number of aliphatic hydroxyl groups excluding tert-OH is 2. The smallest absolute Gasteiger partial charge is 0.138 e. The van der Waals surface area contributed by atoms with Crippen LogP contribution >= 0.6 is 11.6 Å². The highest BCUT2D eigenvalue weighted by molar-refractivity contribution is 6.32. The maximum atomic E-state index is 10.2. The van der Waals surface area contributed by atoms with Crippen LogP contribution in [0, 0.1) is 12.3 Å². The molecule has 0 radical (unpaired) electrons. The fraction of sp³-hybridized carbons (Fsp3) is 0.647. The van der Waals surface area contributed by atoms with Gasteiger partial charge < -0.3 is 19.8 Å². The van der Waals surface area contributed by atoms with Gasteiger partial charge in [0, 0.05) is 25.1 Å². The van der Waals surface area contributed by atoms with E-state index < -0.39 is 6.10 Å². The van der Waals surface area contributed by atoms with E-state index in [4.69, 9.17) is 16.3 Å². The molecule has 0 bridgehead atoms. The average molecular weight is 328 g/mol. The molecule has 1 aromatic rings. The van der Waals surface area contributed by atoms with Gasteiger partial charge in [-0.05, 0) is 44.0 Å². The van der Waals surface area contributed by atoms with E-state index in [0.29, 0.717) is 17.3 Å². The molecule has 2 N–H and O–H groups in total. The molecule has 2 unspecified atom stereocenters. The molecule has 1 aliphatic heterocycles. The van der Waals surface area contributed by atoms with Crippen molar-refractivity contribution in [3.8, 4) is 5.75 Å². The van der Waals surface area contributed by atoms with E-state index in [1.807, 2.05) is 19.1 Å². The second kappa shape index (κ2) is 7.64. The molecule has 2 atom stereocenters. The molecule has 0 spiro atoms. The number of nitrogens with zero attached hydrogens (tertiary/aromatic N) is 1. The molecule has 1 fully saturated rings. The fourth-order valence-corrected chi connectivity index (χ4v) is 3.14. The SMILES string of the molecule is Cc1ccc(Cl)c(OCC(O)CN2CCCC(C)(CO)C2)c1. The number of likely N-dealkylation sites (tertiary alicyclic amines) is 1. The quantitative estimate of drug-likeness (QED) is 0.843. The van der Waals surface area contributed by atoms with Crippen LogP contribution in [0.2, 0.25) is 5.02 Å². The van der Waals surface area contributed by atoms with E-state index in [1.54, 1.807) is 6.07 Å². The molecule has 1 aromatic carbocycles. The first-order valence-corrected chi connectivity index (χ1v) is 8.20. The number of ether oxygens (including phenoxy) is 1. The number of aryl methyl sites for hydroxylation is 1. The van der Waals surface area contributed by atoms with Gasteiger partial charge in [0.2, 0.25) is 0 Å². The van der Waals surface area contributed by atoms with Crippen molar-refractivity contribution < 1.29 is 14.9 Å². The van der Waals surface area contributed by atoms with Gasteiger partial charge >= 0.3 is 0 Å². The Morgan fingerprint density at radius 3 is 2.95 bits per heavy atom. The molecule has 2 rings (SSSR count). The van der Waals surface area contributed by atoms with Crippen LogP contribution in [0.5, 0.6) is 5.75 Å². The van der Waals surface area contributed by atoms with E-state index in [1.165, 1.54) is 0 Å². The van der Waals surface area contributed by atoms with Crippen molar-refractivity contribution in [1.82, 2.24) is 4.90 Å². The highest BCUT2D eigenvalue weighted by atomic mass is 35.5. The molecule has 22 heavy (non-hydrogen) atoms. The maximum absolute atomic E-state index is 10.2. The number of piperidine rings is 1. The topological polar surface area (TPSA) is 52.9 Å². The Balaban J connectivity index is 1.83. The Morgan fingerprint density at radius 2 is 2.23 bits per heavy atom. The van der Waals surface area contributed by atoms with Crippen molar-refractivity contribution in [1.29, 1.82) is 0 Å². The summed E-state index contributed by atoms with van der Waals surface area (Å²) in [6.45, 7) is 6.80. The summed E-state index contributed by atoms with van der Waals surface area (Å²) in [5, 5.41) is 20.2. The minimum atomic E-state index is -0.572. The number of hydrogen-bond donors (Lipinski definition) is 2. The second-order valence-electron chi connectivity index (χ2n) is 6.71. The Kier molecular flexibility index (Phi) is 6.09. The first-order valence-electron chi connectivity index (χ1n) is 7.82. The third-order valence-corrected chi connectivity index (χ3v) is 4.54. The van der Waals surface area contributed by atoms with Crippen molar-refractivity contribution in [3.05, 3.63) is 28.8 Å². The lowest BCUT2D eigenvalue weighted by Gasteiger charge is -2.40. The van der Waals surface area contributed by atoms with E-state index >= 15 is 0 Å². The van der Waals surface area contributed by atoms with Gasteiger partial charge in [-0.3, -0.25) is 0 Å². The molecule has 5 heteroatoms. The average Bonchev–Trinajstić information content (AvgIpc) is 2.48. The van der Waals surface area contributed by atoms with Crippen LogP contribution in [0.3, 0.4) is 0 Å². The van der Waals surface area contributed by atoms with Gasteiger partial charge in [0.15, 0.2) is 0 Å². The van der Waals surface area contributed by atoms with Crippen LogP contribution < -0.4 is 4.74 Å². The molecular weight excluding hydrogens is 302 g/mol. The van der Waals surface area contributed by atoms with E-state index in [-0.39, 0.29) is 18.6 Å². The van der Waals surface area contributed by atoms with E-state index in [0.717, 1.165) is 31.5 Å². The molecular formula is C17H26ClNO3. The minimum absolute atomic E-state index is 0.0569. The number of benzene rings is 1. The molecule has 0 aliphatic carbocycles. The van der Waals surface area contributed by atoms with Crippen LogP contribution in [0.4, 0.5) is 0 Å². The highest BCUT2D eigenvalue weighted by Gasteiger charge is 2.31. The molecule has 124 valence electrons. The first kappa shape index (κ1) is 17.5. The van der Waals surface area contributed by atoms with Gasteiger partial charge in [0.1, 0.15) is 18.5 Å². The highest BCUT2D eigenvalue weighted by Crippen LogP contribution is 2.29. The first-order chi connectivity index (χ1) is 10.4. The van der Waals surface area contributed by atoms with Crippen LogP contribution in [-0.2, 0) is 0 Å². The number of aliphatic hydroxyl groups is 2. The third kappa shape index (κ3) is 4.85. The van der Waals surface area contributed by atoms with Crippen molar-refractivity contribution in [2.45, 2.75) is 32.8 Å². The summed E-state index contributed by atoms with van der Waals surface area (Å²) in [6.07, 6.45) is 1.51. The van der Waals surface area contributed by atoms with Crippen molar-refractivity contribution in [2.75, 3.05) is 32.8 Å². The maximum Gasteiger partial charge on any atom is 0.138 e. The standard InChI is InChI=1S/C17H26ClNO3/c1-13-4-5-15(18)16(8-13)22-10-14(21)9-19-7-3-6-17(2,11-19)12-20/h4-5,8,14,20-21H,3,6-7,9-12H2,1-2H3. The van der Waals surface area contributed by atoms with Crippen molar-refractivity contribution >= 4 is 11.6 Å². The lowest BCUT2D eigenvalue weighted by molar-refractivity contribution is 0.0101. The molecule has 0 amide bonds. The molecule has 0 aromatic heterocycles. The zero-order valence-corrected chi connectivity index (χ0v) is 14.1. The van der Waals surface area contributed by atoms with Crippen LogP contribution in [0.25, 0.3) is 0 Å². The normalized spacial score (nSPS) is 24.2. The van der Waals surface area contributed by atoms with Gasteiger partial charge in [-0.25, -0.2) is 0 Å². The molecule has 1 aliphatic rings. The Bertz CT molecular complexity index is 497. The summed E-state index contributed by atoms with van der Waals surface area (Å²) in [7, 11) is 0. The number of halogens is 1. The summed E-state index contributed by atoms with van der Waals surface area (Å²) in [5.41, 5.74) is 1.02. The predicted molar refractivity (Wildman–Crippen MR) is 88.6 cm³/mol. The van der Waals surface area contributed by atoms with E-state index in [2.05, 4.69) is 11.8 Å². The Labute approximate surface area is 137 Å². The lowest BCUT2D eigenvalue weighted by Crippen LogP contribution is -2.47. The molecule has 1 heterocycles.